The van der Waals surface area contributed by atoms with E-state index in [0.29, 0.717) is 22.3 Å². The highest BCUT2D eigenvalue weighted by Gasteiger charge is 2.21. The number of hydrogen-bond donors (Lipinski definition) is 0. The molecule has 0 N–H and O–H groups in total. The molecule has 0 saturated heterocycles. The van der Waals surface area contributed by atoms with Crippen molar-refractivity contribution in [3.8, 4) is 28.7 Å². The summed E-state index contributed by atoms with van der Waals surface area (Å²) >= 11 is 0.943. The van der Waals surface area contributed by atoms with E-state index in [1.54, 1.807) is 0 Å². The van der Waals surface area contributed by atoms with E-state index in [1.807, 2.05) is 72.8 Å². The maximum absolute atomic E-state index is 9.74. The van der Waals surface area contributed by atoms with Gasteiger partial charge in [0.05, 0.1) is 30.3 Å². The summed E-state index contributed by atoms with van der Waals surface area (Å²) in [5, 5.41) is 1.88. The number of benzene rings is 6. The zero-order valence-corrected chi connectivity index (χ0v) is 23.9. The highest BCUT2D eigenvalue weighted by molar-refractivity contribution is 7.25. The van der Waals surface area contributed by atoms with Crippen LogP contribution < -0.4 is 0 Å². The van der Waals surface area contributed by atoms with Gasteiger partial charge in [-0.15, -0.1) is 11.3 Å². The van der Waals surface area contributed by atoms with Crippen LogP contribution in [0.25, 0.3) is 92.6 Å². The maximum Gasteiger partial charge on any atom is 0.238 e. The van der Waals surface area contributed by atoms with Crippen LogP contribution in [0.3, 0.4) is 0 Å². The van der Waals surface area contributed by atoms with E-state index < -0.39 is 36.3 Å². The molecule has 10 rings (SSSR count). The smallest absolute Gasteiger partial charge is 0.238 e. The van der Waals surface area contributed by atoms with Gasteiger partial charge in [0.1, 0.15) is 11.2 Å². The quantitative estimate of drug-likeness (QED) is 0.201. The Morgan fingerprint density at radius 1 is 0.578 bits per heavy atom. The third kappa shape index (κ3) is 3.63. The number of para-hydroxylation sites is 3. The van der Waals surface area contributed by atoms with Gasteiger partial charge in [-0.2, -0.15) is 9.97 Å². The maximum atomic E-state index is 9.74. The molecule has 0 radical (unpaired) electrons. The molecule has 0 saturated carbocycles. The number of furan rings is 1. The highest BCUT2D eigenvalue weighted by Crippen LogP contribution is 2.41. The summed E-state index contributed by atoms with van der Waals surface area (Å²) in [5.41, 5.74) is 2.22. The number of rotatable bonds is 3. The second-order valence-electron chi connectivity index (χ2n) is 10.5. The lowest BCUT2D eigenvalue weighted by Crippen LogP contribution is -2.06. The van der Waals surface area contributed by atoms with Crippen LogP contribution in [0, 0.1) is 0 Å². The molecule has 0 atom stereocenters. The molecule has 0 bridgehead atoms. The lowest BCUT2D eigenvalue weighted by molar-refractivity contribution is 0.669. The second kappa shape index (κ2) is 9.32. The molecule has 0 amide bonds. The van der Waals surface area contributed by atoms with E-state index in [0.717, 1.165) is 22.1 Å². The van der Waals surface area contributed by atoms with Crippen LogP contribution in [0.4, 0.5) is 0 Å². The molecule has 4 aromatic heterocycles. The Bertz CT molecular complexity index is 3340. The average molecular weight is 605 g/mol. The Morgan fingerprint density at radius 3 is 2.29 bits per heavy atom. The van der Waals surface area contributed by atoms with Crippen LogP contribution >= 0.6 is 11.3 Å². The molecule has 0 unspecified atom stereocenters. The summed E-state index contributed by atoms with van der Waals surface area (Å²) in [6, 6.07) is 18.3. The standard InChI is InChI=1S/C39H22N4OS/c1-2-11-23(12-3-1)37-40-38(28-17-10-16-27-25-14-5-8-19-33(25)44-36(27)28)42-39(41-37)43-31-18-7-4-13-24(31)29-22-35-30(21-32(29)43)26-15-6-9-20-34(26)45-35/h1-22H/i4D,6D,7D,9D,13D,15D,18D,20D,21D,22D. The summed E-state index contributed by atoms with van der Waals surface area (Å²) in [6.07, 6.45) is 0. The Hall–Kier alpha value is -5.85. The lowest BCUT2D eigenvalue weighted by Gasteiger charge is -2.11. The van der Waals surface area contributed by atoms with Crippen molar-refractivity contribution in [1.82, 2.24) is 19.5 Å². The number of aromatic nitrogens is 4. The minimum atomic E-state index is -0.536. The van der Waals surface area contributed by atoms with Gasteiger partial charge in [-0.1, -0.05) is 96.9 Å². The van der Waals surface area contributed by atoms with Gasteiger partial charge in [0.25, 0.3) is 0 Å². The van der Waals surface area contributed by atoms with Gasteiger partial charge in [-0.3, -0.25) is 4.57 Å². The molecule has 4 heterocycles. The molecule has 45 heavy (non-hydrogen) atoms. The fourth-order valence-corrected chi connectivity index (χ4v) is 6.89. The van der Waals surface area contributed by atoms with E-state index in [2.05, 4.69) is 0 Å². The van der Waals surface area contributed by atoms with E-state index in [-0.39, 0.29) is 83.7 Å². The summed E-state index contributed by atoms with van der Waals surface area (Å²) in [6.45, 7) is 0. The molecule has 0 spiro atoms. The van der Waals surface area contributed by atoms with Crippen LogP contribution in [0.15, 0.2) is 138 Å². The van der Waals surface area contributed by atoms with Crippen molar-refractivity contribution in [2.45, 2.75) is 0 Å². The Morgan fingerprint density at radius 2 is 1.36 bits per heavy atom. The predicted octanol–water partition coefficient (Wildman–Crippen LogP) is 10.6. The van der Waals surface area contributed by atoms with Crippen LogP contribution in [-0.2, 0) is 0 Å². The van der Waals surface area contributed by atoms with Gasteiger partial charge in [-0.25, -0.2) is 4.98 Å². The van der Waals surface area contributed by atoms with Gasteiger partial charge in [0, 0.05) is 47.3 Å². The molecule has 0 aliphatic heterocycles. The number of thiophene rings is 1. The van der Waals surface area contributed by atoms with E-state index in [9.17, 15) is 2.74 Å². The van der Waals surface area contributed by atoms with Gasteiger partial charge in [-0.05, 0) is 36.3 Å². The predicted molar refractivity (Wildman–Crippen MR) is 185 cm³/mol. The fourth-order valence-electron chi connectivity index (χ4n) is 5.92. The van der Waals surface area contributed by atoms with Crippen LogP contribution in [0.2, 0.25) is 0 Å². The first-order valence-electron chi connectivity index (χ1n) is 19.1. The van der Waals surface area contributed by atoms with E-state index >= 15 is 0 Å². The zero-order valence-electron chi connectivity index (χ0n) is 33.0. The molecule has 10 aromatic rings. The first kappa shape index (κ1) is 16.9. The van der Waals surface area contributed by atoms with Crippen molar-refractivity contribution in [3.05, 3.63) is 133 Å². The minimum absolute atomic E-state index is 0.0234. The van der Waals surface area contributed by atoms with Crippen molar-refractivity contribution in [2.75, 3.05) is 0 Å². The highest BCUT2D eigenvalue weighted by atomic mass is 32.1. The molecule has 5 nitrogen and oxygen atoms in total. The van der Waals surface area contributed by atoms with Gasteiger partial charge in [0.2, 0.25) is 5.95 Å². The van der Waals surface area contributed by atoms with Crippen molar-refractivity contribution in [2.24, 2.45) is 0 Å². The molecule has 6 aromatic carbocycles. The van der Waals surface area contributed by atoms with E-state index in [4.69, 9.17) is 30.3 Å². The van der Waals surface area contributed by atoms with Crippen molar-refractivity contribution < 1.29 is 18.1 Å². The van der Waals surface area contributed by atoms with Crippen molar-refractivity contribution in [1.29, 1.82) is 0 Å². The number of fused-ring (bicyclic) bond motifs is 9. The Balaban J connectivity index is 1.42. The molecule has 210 valence electrons. The summed E-state index contributed by atoms with van der Waals surface area (Å²) in [4.78, 5) is 14.7. The summed E-state index contributed by atoms with van der Waals surface area (Å²) in [7, 11) is 0. The summed E-state index contributed by atoms with van der Waals surface area (Å²) in [5.74, 6) is 0.298. The van der Waals surface area contributed by atoms with Crippen molar-refractivity contribution >= 4 is 75.3 Å². The van der Waals surface area contributed by atoms with Crippen LogP contribution in [0.1, 0.15) is 13.7 Å². The first-order chi connectivity index (χ1) is 26.5. The Kier molecular flexibility index (Phi) is 3.49. The van der Waals surface area contributed by atoms with Crippen LogP contribution in [0.5, 0.6) is 0 Å². The largest absolute Gasteiger partial charge is 0.455 e. The average Bonchev–Trinajstić information content (AvgIpc) is 3.91. The molecule has 0 aliphatic carbocycles. The molecule has 6 heteroatoms. The second-order valence-corrected chi connectivity index (χ2v) is 11.5. The molecule has 0 fully saturated rings. The normalized spacial score (nSPS) is 15.1. The molecule has 0 aliphatic rings. The van der Waals surface area contributed by atoms with Crippen LogP contribution in [-0.4, -0.2) is 19.5 Å². The minimum Gasteiger partial charge on any atom is -0.455 e. The number of hydrogen-bond acceptors (Lipinski definition) is 5. The first-order valence-corrected chi connectivity index (χ1v) is 14.9. The molecular weight excluding hydrogens is 573 g/mol. The fraction of sp³-hybridized carbons (Fsp3) is 0. The number of nitrogens with zero attached hydrogens (tertiary/aromatic N) is 4. The van der Waals surface area contributed by atoms with Crippen molar-refractivity contribution in [3.63, 3.8) is 0 Å². The third-order valence-electron chi connectivity index (χ3n) is 7.92. The topological polar surface area (TPSA) is 56.7 Å². The zero-order chi connectivity index (χ0) is 38.2. The van der Waals surface area contributed by atoms with Gasteiger partial charge < -0.3 is 4.42 Å². The SMILES string of the molecule is [2H]c1c([2H])c([2H])c2c(sc3c([2H])c4c5c([2H])c([2H])c([2H])c([2H])c5n(-c5nc(-c6ccccc6)nc(-c6cccc7c6oc6ccccc67)n5)c4c([2H])c32)c1[2H]. The van der Waals surface area contributed by atoms with E-state index in [1.165, 1.54) is 4.57 Å². The lowest BCUT2D eigenvalue weighted by atomic mass is 10.1. The summed E-state index contributed by atoms with van der Waals surface area (Å²) < 4.78 is 97.0. The van der Waals surface area contributed by atoms with Gasteiger partial charge >= 0.3 is 0 Å². The monoisotopic (exact) mass is 604 g/mol. The molecular formula is C39H22N4OS. The Labute approximate surface area is 274 Å². The van der Waals surface area contributed by atoms with Gasteiger partial charge in [0.15, 0.2) is 11.6 Å². The third-order valence-corrected chi connectivity index (χ3v) is 8.94.